The lowest BCUT2D eigenvalue weighted by molar-refractivity contribution is -0.122. The minimum atomic E-state index is -0.332. The van der Waals surface area contributed by atoms with Gasteiger partial charge in [0, 0.05) is 80.4 Å². The molecule has 7 rings (SSSR count). The van der Waals surface area contributed by atoms with Crippen LogP contribution < -0.4 is 24.4 Å². The van der Waals surface area contributed by atoms with Crippen LogP contribution in [0.4, 0.5) is 10.2 Å². The maximum atomic E-state index is 14.1. The monoisotopic (exact) mass is 751 g/mol. The Morgan fingerprint density at radius 3 is 2.60 bits per heavy atom. The number of benzene rings is 2. The number of nitrogens with zero attached hydrogens (tertiary/aromatic N) is 8. The SMILES string of the molecule is COc1cc2nc3c(cc2c(OC)c1OC)CN(Cc1cnn(-c2cccc(F)c2)c1)CCCCN(C(=O)c1cnccn1)CC(=O)NCC1CCCN3C1. The van der Waals surface area contributed by atoms with E-state index in [0.717, 1.165) is 48.1 Å². The van der Waals surface area contributed by atoms with Crippen LogP contribution in [0.1, 0.15) is 47.3 Å². The third-order valence-corrected chi connectivity index (χ3v) is 10.2. The van der Waals surface area contributed by atoms with Crippen LogP contribution in [0.25, 0.3) is 16.6 Å². The summed E-state index contributed by atoms with van der Waals surface area (Å²) in [6.07, 6.45) is 11.4. The molecule has 0 aliphatic carbocycles. The second-order valence-electron chi connectivity index (χ2n) is 13.9. The molecule has 1 unspecified atom stereocenters. The molecule has 2 bridgehead atoms. The van der Waals surface area contributed by atoms with Crippen molar-refractivity contribution in [3.8, 4) is 22.9 Å². The van der Waals surface area contributed by atoms with Crippen LogP contribution in [0.2, 0.25) is 0 Å². The smallest absolute Gasteiger partial charge is 0.274 e. The third-order valence-electron chi connectivity index (χ3n) is 10.2. The van der Waals surface area contributed by atoms with Crippen molar-refractivity contribution in [3.05, 3.63) is 90.0 Å². The van der Waals surface area contributed by atoms with Crippen LogP contribution in [0, 0.1) is 11.7 Å². The number of fused-ring (bicyclic) bond motifs is 5. The molecule has 14 nitrogen and oxygen atoms in total. The summed E-state index contributed by atoms with van der Waals surface area (Å²) in [4.78, 5) is 46.7. The van der Waals surface area contributed by atoms with Gasteiger partial charge >= 0.3 is 0 Å². The molecule has 2 aliphatic rings. The van der Waals surface area contributed by atoms with Crippen molar-refractivity contribution in [2.24, 2.45) is 5.92 Å². The molecule has 1 atom stereocenters. The zero-order valence-electron chi connectivity index (χ0n) is 31.4. The van der Waals surface area contributed by atoms with Gasteiger partial charge in [-0.1, -0.05) is 6.07 Å². The summed E-state index contributed by atoms with van der Waals surface area (Å²) < 4.78 is 33.1. The number of piperidine rings is 1. The van der Waals surface area contributed by atoms with Gasteiger partial charge in [-0.3, -0.25) is 19.5 Å². The molecule has 0 saturated carbocycles. The van der Waals surface area contributed by atoms with E-state index in [0.29, 0.717) is 74.1 Å². The molecule has 0 spiro atoms. The van der Waals surface area contributed by atoms with Gasteiger partial charge in [-0.15, -0.1) is 0 Å². The number of ether oxygens (including phenoxy) is 3. The zero-order valence-corrected chi connectivity index (χ0v) is 31.4. The first-order valence-electron chi connectivity index (χ1n) is 18.5. The highest BCUT2D eigenvalue weighted by molar-refractivity contribution is 5.95. The molecule has 288 valence electrons. The standard InChI is InChI=1S/C40H46FN9O5/c1-53-35-18-33-32(37(54-2)38(35)55-3)16-29-25-47(22-28-20-45-50(24-28)31-10-6-9-30(41)17-31)13-4-5-14-49(40(52)34-21-42-11-12-43-34)26-36(51)44-19-27-8-7-15-48(23-27)39(29)46-33/h6,9-12,16-18,20-21,24,27H,4-5,7-8,13-15,19,22-23,25-26H2,1-3H3,(H,44,51). The number of aromatic nitrogens is 5. The van der Waals surface area contributed by atoms with Gasteiger partial charge in [-0.25, -0.2) is 19.0 Å². The van der Waals surface area contributed by atoms with Gasteiger partial charge in [0.25, 0.3) is 5.91 Å². The van der Waals surface area contributed by atoms with Crippen molar-refractivity contribution in [3.63, 3.8) is 0 Å². The van der Waals surface area contributed by atoms with Gasteiger partial charge in [0.15, 0.2) is 11.5 Å². The molecule has 2 aromatic carbocycles. The first-order valence-corrected chi connectivity index (χ1v) is 18.5. The van der Waals surface area contributed by atoms with Gasteiger partial charge in [0.1, 0.15) is 17.3 Å². The molecule has 2 amide bonds. The van der Waals surface area contributed by atoms with E-state index in [1.54, 1.807) is 43.2 Å². The van der Waals surface area contributed by atoms with Crippen molar-refractivity contribution < 1.29 is 28.2 Å². The fraction of sp³-hybridized carbons (Fsp3) is 0.400. The van der Waals surface area contributed by atoms with E-state index in [1.807, 2.05) is 18.3 Å². The number of anilines is 1. The largest absolute Gasteiger partial charge is 0.493 e. The van der Waals surface area contributed by atoms with Crippen LogP contribution in [0.3, 0.4) is 0 Å². The number of methoxy groups -OCH3 is 3. The van der Waals surface area contributed by atoms with Crippen LogP contribution in [-0.2, 0) is 17.9 Å². The number of carbonyl (C=O) groups is 2. The van der Waals surface area contributed by atoms with Crippen molar-refractivity contribution in [1.82, 2.24) is 39.8 Å². The number of carbonyl (C=O) groups excluding carboxylic acids is 2. The van der Waals surface area contributed by atoms with E-state index in [2.05, 4.69) is 36.2 Å². The maximum absolute atomic E-state index is 14.1. The first-order chi connectivity index (χ1) is 26.8. The molecule has 1 fully saturated rings. The third kappa shape index (κ3) is 8.62. The van der Waals surface area contributed by atoms with E-state index in [1.165, 1.54) is 30.7 Å². The molecular weight excluding hydrogens is 705 g/mol. The summed E-state index contributed by atoms with van der Waals surface area (Å²) in [5, 5.41) is 8.46. The van der Waals surface area contributed by atoms with E-state index in [-0.39, 0.29) is 35.8 Å². The number of rotatable bonds is 7. The van der Waals surface area contributed by atoms with Gasteiger partial charge in [-0.2, -0.15) is 5.10 Å². The highest BCUT2D eigenvalue weighted by Crippen LogP contribution is 2.44. The molecule has 55 heavy (non-hydrogen) atoms. The van der Waals surface area contributed by atoms with Crippen molar-refractivity contribution in [2.45, 2.75) is 38.8 Å². The summed E-state index contributed by atoms with van der Waals surface area (Å²) >= 11 is 0. The molecule has 15 heteroatoms. The van der Waals surface area contributed by atoms with Crippen LogP contribution >= 0.6 is 0 Å². The highest BCUT2D eigenvalue weighted by Gasteiger charge is 2.28. The van der Waals surface area contributed by atoms with Crippen molar-refractivity contribution >= 4 is 28.5 Å². The fourth-order valence-electron chi connectivity index (χ4n) is 7.50. The predicted octanol–water partition coefficient (Wildman–Crippen LogP) is 4.65. The molecule has 1 saturated heterocycles. The normalized spacial score (nSPS) is 17.4. The van der Waals surface area contributed by atoms with Gasteiger partial charge in [0.2, 0.25) is 11.7 Å². The Morgan fingerprint density at radius 2 is 1.82 bits per heavy atom. The summed E-state index contributed by atoms with van der Waals surface area (Å²) in [6.45, 7) is 4.02. The molecule has 2 aliphatic heterocycles. The van der Waals surface area contributed by atoms with Gasteiger partial charge < -0.3 is 29.3 Å². The van der Waals surface area contributed by atoms with Crippen LogP contribution in [-0.4, -0.2) is 107 Å². The van der Waals surface area contributed by atoms with Crippen molar-refractivity contribution in [1.29, 1.82) is 0 Å². The van der Waals surface area contributed by atoms with E-state index in [9.17, 15) is 14.0 Å². The van der Waals surface area contributed by atoms with Gasteiger partial charge in [-0.05, 0) is 62.4 Å². The number of pyridine rings is 1. The van der Waals surface area contributed by atoms with E-state index in [4.69, 9.17) is 19.2 Å². The number of halogens is 1. The Balaban J connectivity index is 1.26. The highest BCUT2D eigenvalue weighted by atomic mass is 19.1. The lowest BCUT2D eigenvalue weighted by Gasteiger charge is -2.36. The second-order valence-corrected chi connectivity index (χ2v) is 13.9. The number of nitrogens with one attached hydrogen (secondary N) is 1. The zero-order chi connectivity index (χ0) is 38.3. The Bertz CT molecular complexity index is 2130. The Morgan fingerprint density at radius 1 is 0.964 bits per heavy atom. The average Bonchev–Trinajstić information content (AvgIpc) is 3.68. The predicted molar refractivity (Wildman–Crippen MR) is 204 cm³/mol. The second kappa shape index (κ2) is 17.1. The summed E-state index contributed by atoms with van der Waals surface area (Å²) in [5.74, 6) is 1.71. The van der Waals surface area contributed by atoms with Crippen LogP contribution in [0.15, 0.2) is 67.4 Å². The Labute approximate surface area is 319 Å². The fourth-order valence-corrected chi connectivity index (χ4v) is 7.50. The maximum Gasteiger partial charge on any atom is 0.274 e. The molecule has 1 N–H and O–H groups in total. The Hall–Kier alpha value is -5.83. The lowest BCUT2D eigenvalue weighted by atomic mass is 9.97. The quantitative estimate of drug-likeness (QED) is 0.249. The summed E-state index contributed by atoms with van der Waals surface area (Å²) in [7, 11) is 4.79. The average molecular weight is 752 g/mol. The molecule has 0 radical (unpaired) electrons. The lowest BCUT2D eigenvalue weighted by Crippen LogP contribution is -2.45. The van der Waals surface area contributed by atoms with E-state index >= 15 is 0 Å². The minimum Gasteiger partial charge on any atom is -0.493 e. The van der Waals surface area contributed by atoms with Crippen molar-refractivity contribution in [2.75, 3.05) is 65.5 Å². The number of amides is 2. The van der Waals surface area contributed by atoms with Crippen LogP contribution in [0.5, 0.6) is 17.2 Å². The number of hydrogen-bond acceptors (Lipinski definition) is 11. The molecule has 3 aromatic heterocycles. The number of hydrogen-bond donors (Lipinski definition) is 1. The van der Waals surface area contributed by atoms with E-state index < -0.39 is 0 Å². The Kier molecular flexibility index (Phi) is 11.7. The molecule has 5 heterocycles. The summed E-state index contributed by atoms with van der Waals surface area (Å²) in [6, 6.07) is 10.4. The molecule has 5 aromatic rings. The van der Waals surface area contributed by atoms with Gasteiger partial charge in [0.05, 0.1) is 51.5 Å². The topological polar surface area (TPSA) is 140 Å². The summed E-state index contributed by atoms with van der Waals surface area (Å²) in [5.41, 5.74) is 3.51. The molecular formula is C40H46FN9O5. The minimum absolute atomic E-state index is 0.0711. The first kappa shape index (κ1) is 37.5.